The van der Waals surface area contributed by atoms with E-state index in [4.69, 9.17) is 0 Å². The summed E-state index contributed by atoms with van der Waals surface area (Å²) >= 11 is 3.16. The molecule has 0 aromatic carbocycles. The Labute approximate surface area is 107 Å². The molecule has 0 spiro atoms. The molecule has 1 aromatic heterocycles. The largest absolute Gasteiger partial charge is 0.449 e. The van der Waals surface area contributed by atoms with Crippen LogP contribution in [0.5, 0.6) is 0 Å². The van der Waals surface area contributed by atoms with Crippen molar-refractivity contribution in [1.29, 1.82) is 0 Å². The number of rotatable bonds is 4. The molecule has 0 unspecified atom stereocenters. The molecule has 0 bridgehead atoms. The molecule has 0 fully saturated rings. The minimum Gasteiger partial charge on any atom is -0.449 e. The molecule has 9 heteroatoms. The predicted molar refractivity (Wildman–Crippen MR) is 64.6 cm³/mol. The van der Waals surface area contributed by atoms with E-state index in [1.165, 1.54) is 12.3 Å². The summed E-state index contributed by atoms with van der Waals surface area (Å²) in [5.74, 6) is 0.0798. The van der Waals surface area contributed by atoms with Crippen molar-refractivity contribution in [2.24, 2.45) is 0 Å². The van der Waals surface area contributed by atoms with E-state index in [9.17, 15) is 13.2 Å². The van der Waals surface area contributed by atoms with Crippen LogP contribution >= 0.6 is 15.9 Å². The average molecular weight is 324 g/mol. The van der Waals surface area contributed by atoms with Gasteiger partial charge in [-0.1, -0.05) is 15.9 Å². The Kier molecular flexibility index (Phi) is 4.70. The van der Waals surface area contributed by atoms with Gasteiger partial charge in [-0.05, 0) is 19.1 Å². The summed E-state index contributed by atoms with van der Waals surface area (Å²) in [6, 6.07) is 3.08. The Morgan fingerprint density at radius 1 is 1.59 bits per heavy atom. The van der Waals surface area contributed by atoms with Gasteiger partial charge < -0.3 is 4.74 Å². The topological polar surface area (TPSA) is 97.4 Å². The van der Waals surface area contributed by atoms with Crippen LogP contribution < -0.4 is 9.44 Å². The van der Waals surface area contributed by atoms with E-state index in [1.54, 1.807) is 17.7 Å². The lowest BCUT2D eigenvalue weighted by Gasteiger charge is -2.08. The number of ether oxygens (including phenoxy) is 1. The number of halogens is 1. The molecule has 0 aliphatic heterocycles. The van der Waals surface area contributed by atoms with Crippen LogP contribution in [0.25, 0.3) is 0 Å². The van der Waals surface area contributed by atoms with Crippen molar-refractivity contribution in [3.8, 4) is 0 Å². The Morgan fingerprint density at radius 3 is 2.88 bits per heavy atom. The highest BCUT2D eigenvalue weighted by atomic mass is 79.9. The summed E-state index contributed by atoms with van der Waals surface area (Å²) in [6.45, 7) is 1.64. The van der Waals surface area contributed by atoms with Crippen LogP contribution in [-0.4, -0.2) is 26.1 Å². The molecule has 0 radical (unpaired) electrons. The number of hydrogen-bond donors (Lipinski definition) is 2. The molecule has 0 saturated carbocycles. The molecule has 7 nitrogen and oxygen atoms in total. The van der Waals surface area contributed by atoms with Crippen molar-refractivity contribution in [1.82, 2.24) is 9.71 Å². The summed E-state index contributed by atoms with van der Waals surface area (Å²) in [5.41, 5.74) is 0. The van der Waals surface area contributed by atoms with Crippen LogP contribution in [0.1, 0.15) is 6.92 Å². The van der Waals surface area contributed by atoms with E-state index < -0.39 is 16.3 Å². The molecule has 17 heavy (non-hydrogen) atoms. The van der Waals surface area contributed by atoms with Crippen LogP contribution in [0.4, 0.5) is 10.6 Å². The molecule has 1 aromatic rings. The predicted octanol–water partition coefficient (Wildman–Crippen LogP) is 1.25. The Hall–Kier alpha value is -1.35. The van der Waals surface area contributed by atoms with Crippen molar-refractivity contribution in [2.45, 2.75) is 6.92 Å². The first-order chi connectivity index (χ1) is 7.93. The van der Waals surface area contributed by atoms with Gasteiger partial charge in [-0.15, -0.1) is 0 Å². The third-order valence-electron chi connectivity index (χ3n) is 1.45. The van der Waals surface area contributed by atoms with Gasteiger partial charge in [0.2, 0.25) is 0 Å². The van der Waals surface area contributed by atoms with Gasteiger partial charge in [0, 0.05) is 10.7 Å². The molecular formula is C8H10BrN3O4S. The fraction of sp³-hybridized carbons (Fsp3) is 0.250. The third-order valence-corrected chi connectivity index (χ3v) is 2.86. The molecular weight excluding hydrogens is 314 g/mol. The first-order valence-corrected chi connectivity index (χ1v) is 6.79. The number of carbonyl (C=O) groups excluding carboxylic acids is 1. The van der Waals surface area contributed by atoms with E-state index >= 15 is 0 Å². The molecule has 2 N–H and O–H groups in total. The fourth-order valence-electron chi connectivity index (χ4n) is 0.894. The second-order valence-electron chi connectivity index (χ2n) is 2.79. The number of nitrogens with one attached hydrogen (secondary N) is 2. The average Bonchev–Trinajstić information content (AvgIpc) is 2.15. The zero-order chi connectivity index (χ0) is 12.9. The summed E-state index contributed by atoms with van der Waals surface area (Å²) in [6.07, 6.45) is 0.363. The van der Waals surface area contributed by atoms with Gasteiger partial charge in [-0.2, -0.15) is 8.42 Å². The minimum atomic E-state index is -4.03. The van der Waals surface area contributed by atoms with Crippen LogP contribution in [0.3, 0.4) is 0 Å². The highest BCUT2D eigenvalue weighted by Crippen LogP contribution is 2.13. The number of carbonyl (C=O) groups is 1. The van der Waals surface area contributed by atoms with Crippen molar-refractivity contribution in [2.75, 3.05) is 11.3 Å². The molecule has 1 rings (SSSR count). The molecule has 1 heterocycles. The lowest BCUT2D eigenvalue weighted by Crippen LogP contribution is -2.35. The highest BCUT2D eigenvalue weighted by Gasteiger charge is 2.15. The molecule has 0 aliphatic rings. The van der Waals surface area contributed by atoms with Crippen molar-refractivity contribution in [3.05, 3.63) is 22.8 Å². The lowest BCUT2D eigenvalue weighted by atomic mass is 10.5. The number of aromatic nitrogens is 1. The third kappa shape index (κ3) is 5.00. The number of amides is 1. The quantitative estimate of drug-likeness (QED) is 0.869. The Balaban J connectivity index is 2.70. The standard InChI is InChI=1S/C8H10BrN3O4S/c1-2-16-8(13)12-17(14,15)11-7-5-6(9)3-4-10-7/h3-5H,2H2,1H3,(H,10,11)(H,12,13). The Morgan fingerprint density at radius 2 is 2.29 bits per heavy atom. The lowest BCUT2D eigenvalue weighted by molar-refractivity contribution is 0.159. The molecule has 0 atom stereocenters. The van der Waals surface area contributed by atoms with Gasteiger partial charge >= 0.3 is 16.3 Å². The number of hydrogen-bond acceptors (Lipinski definition) is 5. The second kappa shape index (κ2) is 5.82. The summed E-state index contributed by atoms with van der Waals surface area (Å²) in [5, 5.41) is 0. The van der Waals surface area contributed by atoms with Crippen molar-refractivity contribution >= 4 is 38.1 Å². The molecule has 0 aliphatic carbocycles. The summed E-state index contributed by atoms with van der Waals surface area (Å²) in [7, 11) is -4.03. The van der Waals surface area contributed by atoms with E-state index in [0.29, 0.717) is 4.47 Å². The Bertz CT molecular complexity index is 505. The van der Waals surface area contributed by atoms with Gasteiger partial charge in [0.25, 0.3) is 0 Å². The van der Waals surface area contributed by atoms with Crippen molar-refractivity contribution in [3.63, 3.8) is 0 Å². The fourth-order valence-corrected chi connectivity index (χ4v) is 1.95. The zero-order valence-electron chi connectivity index (χ0n) is 8.81. The monoisotopic (exact) mass is 323 g/mol. The van der Waals surface area contributed by atoms with Crippen LogP contribution in [-0.2, 0) is 14.9 Å². The van der Waals surface area contributed by atoms with Crippen LogP contribution in [0, 0.1) is 0 Å². The van der Waals surface area contributed by atoms with Crippen LogP contribution in [0.2, 0.25) is 0 Å². The summed E-state index contributed by atoms with van der Waals surface area (Å²) in [4.78, 5) is 14.7. The number of pyridine rings is 1. The maximum Gasteiger partial charge on any atom is 0.422 e. The maximum atomic E-state index is 11.4. The smallest absolute Gasteiger partial charge is 0.422 e. The van der Waals surface area contributed by atoms with Gasteiger partial charge in [0.15, 0.2) is 0 Å². The minimum absolute atomic E-state index is 0.0798. The number of anilines is 1. The molecule has 1 amide bonds. The number of nitrogens with zero attached hydrogens (tertiary/aromatic N) is 1. The van der Waals surface area contributed by atoms with Gasteiger partial charge in [-0.25, -0.2) is 14.5 Å². The van der Waals surface area contributed by atoms with E-state index in [-0.39, 0.29) is 12.4 Å². The second-order valence-corrected chi connectivity index (χ2v) is 5.12. The van der Waals surface area contributed by atoms with E-state index in [0.717, 1.165) is 0 Å². The molecule has 0 saturated heterocycles. The normalized spacial score (nSPS) is 10.7. The molecule has 94 valence electrons. The van der Waals surface area contributed by atoms with Gasteiger partial charge in [0.1, 0.15) is 5.82 Å². The van der Waals surface area contributed by atoms with Gasteiger partial charge in [-0.3, -0.25) is 4.72 Å². The first kappa shape index (κ1) is 13.7. The highest BCUT2D eigenvalue weighted by molar-refractivity contribution is 9.10. The first-order valence-electron chi connectivity index (χ1n) is 4.52. The van der Waals surface area contributed by atoms with Crippen molar-refractivity contribution < 1.29 is 17.9 Å². The SMILES string of the molecule is CCOC(=O)NS(=O)(=O)Nc1cc(Br)ccn1. The summed E-state index contributed by atoms with van der Waals surface area (Å²) < 4.78 is 31.7. The maximum absolute atomic E-state index is 11.4. The van der Waals surface area contributed by atoms with Gasteiger partial charge in [0.05, 0.1) is 6.61 Å². The van der Waals surface area contributed by atoms with E-state index in [2.05, 4.69) is 30.4 Å². The zero-order valence-corrected chi connectivity index (χ0v) is 11.2. The van der Waals surface area contributed by atoms with E-state index in [1.807, 2.05) is 0 Å². The van der Waals surface area contributed by atoms with Crippen LogP contribution in [0.15, 0.2) is 22.8 Å².